The van der Waals surface area contributed by atoms with Crippen molar-refractivity contribution in [1.29, 1.82) is 0 Å². The van der Waals surface area contributed by atoms with Crippen LogP contribution in [0, 0.1) is 0 Å². The minimum Gasteiger partial charge on any atom is -0.310 e. The molecule has 0 aliphatic heterocycles. The highest BCUT2D eigenvalue weighted by molar-refractivity contribution is 7.99. The molecule has 0 aliphatic rings. The molecule has 6 heteroatoms. The van der Waals surface area contributed by atoms with Crippen LogP contribution in [0.1, 0.15) is 0 Å². The fourth-order valence-corrected chi connectivity index (χ4v) is 2.88. The largest absolute Gasteiger partial charge is 0.317 e. The van der Waals surface area contributed by atoms with Gasteiger partial charge in [0.05, 0.1) is 12.8 Å². The summed E-state index contributed by atoms with van der Waals surface area (Å²) >= 11 is 1.47. The van der Waals surface area contributed by atoms with E-state index in [2.05, 4.69) is 15.3 Å². The highest BCUT2D eigenvalue weighted by Crippen LogP contribution is 2.17. The van der Waals surface area contributed by atoms with Gasteiger partial charge in [0.25, 0.3) is 0 Å². The molecule has 0 fully saturated rings. The van der Waals surface area contributed by atoms with Crippen LogP contribution in [-0.4, -0.2) is 21.6 Å². The number of imidazole rings is 1. The van der Waals surface area contributed by atoms with E-state index < -0.39 is 0 Å². The third kappa shape index (κ3) is 3.05. The van der Waals surface area contributed by atoms with Gasteiger partial charge in [-0.3, -0.25) is 4.79 Å². The number of aromatic nitrogens is 3. The van der Waals surface area contributed by atoms with Gasteiger partial charge in [-0.1, -0.05) is 18.2 Å². The van der Waals surface area contributed by atoms with Crippen molar-refractivity contribution in [2.24, 2.45) is 7.05 Å². The number of carbonyl (C=O) groups excluding carboxylic acids is 1. The van der Waals surface area contributed by atoms with E-state index in [9.17, 15) is 4.79 Å². The number of carbonyl (C=O) groups is 1. The van der Waals surface area contributed by atoms with Crippen LogP contribution < -0.4 is 9.88 Å². The lowest BCUT2D eigenvalue weighted by molar-refractivity contribution is -0.683. The number of aryl methyl sites for hydroxylation is 1. The SMILES string of the molecule is C[n+]1c(SCC(=O)Nc2ccccn2)[nH]c2ccccc21. The lowest BCUT2D eigenvalue weighted by atomic mass is 10.3. The molecule has 21 heavy (non-hydrogen) atoms. The van der Waals surface area contributed by atoms with Crippen LogP contribution in [-0.2, 0) is 11.8 Å². The third-order valence-electron chi connectivity index (χ3n) is 3.08. The molecular formula is C15H15N4OS+. The Morgan fingerprint density at radius 3 is 2.86 bits per heavy atom. The Labute approximate surface area is 126 Å². The number of amides is 1. The fourth-order valence-electron chi connectivity index (χ4n) is 2.06. The van der Waals surface area contributed by atoms with E-state index in [1.807, 2.05) is 48.0 Å². The molecule has 5 nitrogen and oxygen atoms in total. The summed E-state index contributed by atoms with van der Waals surface area (Å²) in [6.07, 6.45) is 1.65. The molecule has 3 rings (SSSR count). The molecule has 3 aromatic rings. The zero-order valence-corrected chi connectivity index (χ0v) is 12.4. The number of H-pyrrole nitrogens is 1. The molecule has 0 bridgehead atoms. The molecule has 2 aromatic heterocycles. The van der Waals surface area contributed by atoms with Gasteiger partial charge >= 0.3 is 5.16 Å². The maximum absolute atomic E-state index is 11.9. The lowest BCUT2D eigenvalue weighted by Gasteiger charge is -2.01. The van der Waals surface area contributed by atoms with E-state index in [1.54, 1.807) is 12.3 Å². The molecule has 0 unspecified atom stereocenters. The Morgan fingerprint density at radius 1 is 1.29 bits per heavy atom. The molecule has 0 saturated heterocycles. The number of anilines is 1. The summed E-state index contributed by atoms with van der Waals surface area (Å²) in [5, 5.41) is 3.72. The summed E-state index contributed by atoms with van der Waals surface area (Å²) in [5.41, 5.74) is 2.18. The number of fused-ring (bicyclic) bond motifs is 1. The van der Waals surface area contributed by atoms with E-state index in [-0.39, 0.29) is 5.91 Å². The average molecular weight is 299 g/mol. The molecule has 106 valence electrons. The number of hydrogen-bond acceptors (Lipinski definition) is 3. The van der Waals surface area contributed by atoms with E-state index >= 15 is 0 Å². The number of nitrogens with one attached hydrogen (secondary N) is 2. The quantitative estimate of drug-likeness (QED) is 0.573. The van der Waals surface area contributed by atoms with Crippen molar-refractivity contribution in [3.8, 4) is 0 Å². The third-order valence-corrected chi connectivity index (χ3v) is 4.14. The van der Waals surface area contributed by atoms with Gasteiger partial charge in [0.15, 0.2) is 11.0 Å². The van der Waals surface area contributed by atoms with E-state index in [4.69, 9.17) is 0 Å². The predicted molar refractivity (Wildman–Crippen MR) is 83.1 cm³/mol. The zero-order chi connectivity index (χ0) is 14.7. The Hall–Kier alpha value is -2.34. The summed E-state index contributed by atoms with van der Waals surface area (Å²) in [7, 11) is 1.98. The van der Waals surface area contributed by atoms with Gasteiger partial charge in [-0.15, -0.1) is 0 Å². The van der Waals surface area contributed by atoms with E-state index in [1.165, 1.54) is 11.8 Å². The molecule has 0 saturated carbocycles. The summed E-state index contributed by atoms with van der Waals surface area (Å²) in [6, 6.07) is 13.5. The zero-order valence-electron chi connectivity index (χ0n) is 11.5. The predicted octanol–water partition coefficient (Wildman–Crippen LogP) is 2.12. The van der Waals surface area contributed by atoms with Crippen LogP contribution in [0.5, 0.6) is 0 Å². The lowest BCUT2D eigenvalue weighted by Crippen LogP contribution is -2.29. The number of aromatic amines is 1. The Kier molecular flexibility index (Phi) is 3.87. The highest BCUT2D eigenvalue weighted by Gasteiger charge is 2.16. The Balaban J connectivity index is 1.66. The van der Waals surface area contributed by atoms with Gasteiger partial charge in [0, 0.05) is 6.20 Å². The molecule has 0 aliphatic carbocycles. The first-order chi connectivity index (χ1) is 10.2. The number of nitrogens with zero attached hydrogens (tertiary/aromatic N) is 2. The van der Waals surface area contributed by atoms with Gasteiger partial charge < -0.3 is 5.32 Å². The van der Waals surface area contributed by atoms with Crippen LogP contribution in [0.15, 0.2) is 53.8 Å². The van der Waals surface area contributed by atoms with Crippen molar-refractivity contribution in [2.45, 2.75) is 5.16 Å². The molecule has 2 heterocycles. The van der Waals surface area contributed by atoms with Crippen LogP contribution in [0.3, 0.4) is 0 Å². The Bertz CT molecular complexity index is 770. The van der Waals surface area contributed by atoms with Crippen LogP contribution in [0.4, 0.5) is 5.82 Å². The molecule has 1 aromatic carbocycles. The standard InChI is InChI=1S/C15H14N4OS/c1-19-12-7-3-2-6-11(12)17-15(19)21-10-14(20)18-13-8-4-5-9-16-13/h2-9H,10H2,1H3,(H,16,18,20)/p+1. The molecule has 2 N–H and O–H groups in total. The minimum atomic E-state index is -0.0719. The first-order valence-electron chi connectivity index (χ1n) is 6.54. The molecule has 1 amide bonds. The molecule has 0 atom stereocenters. The molecular weight excluding hydrogens is 284 g/mol. The second-order valence-corrected chi connectivity index (χ2v) is 5.52. The van der Waals surface area contributed by atoms with E-state index in [0.29, 0.717) is 11.6 Å². The maximum Gasteiger partial charge on any atom is 0.317 e. The van der Waals surface area contributed by atoms with Crippen molar-refractivity contribution >= 4 is 34.5 Å². The first kappa shape index (κ1) is 13.6. The van der Waals surface area contributed by atoms with Gasteiger partial charge in [0.1, 0.15) is 5.82 Å². The van der Waals surface area contributed by atoms with Gasteiger partial charge in [0.2, 0.25) is 5.91 Å². The fraction of sp³-hybridized carbons (Fsp3) is 0.133. The molecule has 0 spiro atoms. The second kappa shape index (κ2) is 5.97. The topological polar surface area (TPSA) is 61.7 Å². The van der Waals surface area contributed by atoms with Crippen molar-refractivity contribution in [1.82, 2.24) is 9.97 Å². The van der Waals surface area contributed by atoms with Gasteiger partial charge in [-0.25, -0.2) is 14.5 Å². The van der Waals surface area contributed by atoms with Crippen molar-refractivity contribution in [3.05, 3.63) is 48.7 Å². The number of thioether (sulfide) groups is 1. The monoisotopic (exact) mass is 299 g/mol. The normalized spacial score (nSPS) is 10.7. The first-order valence-corrected chi connectivity index (χ1v) is 7.53. The maximum atomic E-state index is 11.9. The second-order valence-electron chi connectivity index (χ2n) is 4.56. The van der Waals surface area contributed by atoms with Crippen LogP contribution in [0.2, 0.25) is 0 Å². The minimum absolute atomic E-state index is 0.0719. The Morgan fingerprint density at radius 2 is 2.10 bits per heavy atom. The van der Waals surface area contributed by atoms with Gasteiger partial charge in [-0.2, -0.15) is 0 Å². The summed E-state index contributed by atoms with van der Waals surface area (Å²) < 4.78 is 2.05. The summed E-state index contributed by atoms with van der Waals surface area (Å²) in [4.78, 5) is 19.3. The number of rotatable bonds is 4. The average Bonchev–Trinajstić information content (AvgIpc) is 2.83. The summed E-state index contributed by atoms with van der Waals surface area (Å²) in [6.45, 7) is 0. The van der Waals surface area contributed by atoms with Crippen molar-refractivity contribution in [2.75, 3.05) is 11.1 Å². The molecule has 0 radical (unpaired) electrons. The summed E-state index contributed by atoms with van der Waals surface area (Å²) in [5.74, 6) is 0.832. The number of pyridine rings is 1. The highest BCUT2D eigenvalue weighted by atomic mass is 32.2. The number of hydrogen-bond donors (Lipinski definition) is 2. The van der Waals surface area contributed by atoms with Crippen LogP contribution in [0.25, 0.3) is 11.0 Å². The number of benzene rings is 1. The van der Waals surface area contributed by atoms with Crippen molar-refractivity contribution in [3.63, 3.8) is 0 Å². The number of para-hydroxylation sites is 2. The smallest absolute Gasteiger partial charge is 0.310 e. The van der Waals surface area contributed by atoms with Crippen molar-refractivity contribution < 1.29 is 9.36 Å². The van der Waals surface area contributed by atoms with E-state index in [0.717, 1.165) is 16.2 Å². The van der Waals surface area contributed by atoms with Crippen LogP contribution >= 0.6 is 11.8 Å². The van der Waals surface area contributed by atoms with Gasteiger partial charge in [-0.05, 0) is 36.0 Å².